The minimum atomic E-state index is -2.83. The van der Waals surface area contributed by atoms with Crippen LogP contribution in [0.5, 0.6) is 0 Å². The minimum absolute atomic E-state index is 0.0555. The van der Waals surface area contributed by atoms with Crippen LogP contribution in [-0.4, -0.2) is 32.5 Å². The zero-order valence-electron chi connectivity index (χ0n) is 8.82. The first-order valence-corrected chi connectivity index (χ1v) is 7.85. The zero-order chi connectivity index (χ0) is 11.6. The molecule has 1 saturated heterocycles. The molecule has 1 fully saturated rings. The fraction of sp³-hybridized carbons (Fsp3) is 0.455. The molecule has 88 valence electrons. The number of benzene rings is 1. The molecule has 16 heavy (non-hydrogen) atoms. The van der Waals surface area contributed by atoms with Gasteiger partial charge in [0.15, 0.2) is 9.84 Å². The third-order valence-electron chi connectivity index (χ3n) is 2.70. The highest BCUT2D eigenvalue weighted by Gasteiger charge is 2.23. The Morgan fingerprint density at radius 1 is 1.31 bits per heavy atom. The summed E-state index contributed by atoms with van der Waals surface area (Å²) in [7, 11) is -2.83. The van der Waals surface area contributed by atoms with Crippen LogP contribution in [-0.2, 0) is 16.3 Å². The van der Waals surface area contributed by atoms with Crippen molar-refractivity contribution in [2.45, 2.75) is 12.5 Å². The average molecular weight is 304 g/mol. The Hall–Kier alpha value is -0.390. The normalized spacial score (nSPS) is 24.2. The molecule has 1 unspecified atom stereocenters. The molecule has 0 radical (unpaired) electrons. The largest absolute Gasteiger partial charge is 0.312 e. The van der Waals surface area contributed by atoms with Gasteiger partial charge in [0, 0.05) is 17.1 Å². The summed E-state index contributed by atoms with van der Waals surface area (Å²) >= 11 is 3.38. The maximum absolute atomic E-state index is 11.5. The van der Waals surface area contributed by atoms with Crippen LogP contribution >= 0.6 is 15.9 Å². The molecule has 1 aromatic carbocycles. The van der Waals surface area contributed by atoms with E-state index in [0.29, 0.717) is 6.54 Å². The third kappa shape index (κ3) is 3.30. The lowest BCUT2D eigenvalue weighted by molar-refractivity contribution is 0.515. The van der Waals surface area contributed by atoms with Crippen LogP contribution in [0.2, 0.25) is 0 Å². The van der Waals surface area contributed by atoms with E-state index in [4.69, 9.17) is 0 Å². The molecule has 1 heterocycles. The Bertz CT molecular complexity index is 455. The van der Waals surface area contributed by atoms with Crippen molar-refractivity contribution in [3.8, 4) is 0 Å². The molecule has 3 nitrogen and oxygen atoms in total. The van der Waals surface area contributed by atoms with Crippen molar-refractivity contribution in [2.24, 2.45) is 0 Å². The molecule has 0 aliphatic carbocycles. The van der Waals surface area contributed by atoms with E-state index in [9.17, 15) is 8.42 Å². The average Bonchev–Trinajstić information content (AvgIpc) is 2.20. The van der Waals surface area contributed by atoms with Crippen molar-refractivity contribution < 1.29 is 8.42 Å². The lowest BCUT2D eigenvalue weighted by Gasteiger charge is -2.23. The lowest BCUT2D eigenvalue weighted by Crippen LogP contribution is -2.46. The van der Waals surface area contributed by atoms with E-state index in [2.05, 4.69) is 21.2 Å². The molecule has 0 spiro atoms. The van der Waals surface area contributed by atoms with E-state index >= 15 is 0 Å². The summed E-state index contributed by atoms with van der Waals surface area (Å²) < 4.78 is 24.0. The molecule has 0 amide bonds. The molecule has 1 aliphatic rings. The highest BCUT2D eigenvalue weighted by molar-refractivity contribution is 9.10. The molecular formula is C11H14BrNO2S. The third-order valence-corrected chi connectivity index (χ3v) is 4.96. The number of halogens is 1. The van der Waals surface area contributed by atoms with Crippen molar-refractivity contribution in [1.82, 2.24) is 5.32 Å². The summed E-state index contributed by atoms with van der Waals surface area (Å²) in [6.45, 7) is 0.573. The predicted molar refractivity (Wildman–Crippen MR) is 68.3 cm³/mol. The van der Waals surface area contributed by atoms with Crippen molar-refractivity contribution in [3.05, 3.63) is 34.3 Å². The number of hydrogen-bond donors (Lipinski definition) is 1. The van der Waals surface area contributed by atoms with E-state index in [1.54, 1.807) is 0 Å². The SMILES string of the molecule is O=S1(=O)CCNC(Cc2ccc(Br)cc2)C1. The van der Waals surface area contributed by atoms with Gasteiger partial charge < -0.3 is 5.32 Å². The second-order valence-corrected chi connectivity index (χ2v) is 7.24. The summed E-state index contributed by atoms with van der Waals surface area (Å²) in [5.74, 6) is 0.521. The van der Waals surface area contributed by atoms with Crippen LogP contribution in [0.4, 0.5) is 0 Å². The standard InChI is InChI=1S/C11H14BrNO2S/c12-10-3-1-9(2-4-10)7-11-8-16(14,15)6-5-13-11/h1-4,11,13H,5-8H2. The maximum atomic E-state index is 11.5. The fourth-order valence-corrected chi connectivity index (χ4v) is 3.61. The van der Waals surface area contributed by atoms with Gasteiger partial charge in [-0.3, -0.25) is 0 Å². The first-order chi connectivity index (χ1) is 7.55. The van der Waals surface area contributed by atoms with E-state index in [-0.39, 0.29) is 17.5 Å². The smallest absolute Gasteiger partial charge is 0.153 e. The van der Waals surface area contributed by atoms with Crippen molar-refractivity contribution in [3.63, 3.8) is 0 Å². The highest BCUT2D eigenvalue weighted by atomic mass is 79.9. The van der Waals surface area contributed by atoms with E-state index in [1.165, 1.54) is 0 Å². The van der Waals surface area contributed by atoms with Gasteiger partial charge in [-0.1, -0.05) is 28.1 Å². The van der Waals surface area contributed by atoms with Gasteiger partial charge in [0.05, 0.1) is 11.5 Å². The molecule has 5 heteroatoms. The predicted octanol–water partition coefficient (Wildman–Crippen LogP) is 1.38. The van der Waals surface area contributed by atoms with Gasteiger partial charge in [0.25, 0.3) is 0 Å². The second kappa shape index (κ2) is 4.85. The summed E-state index contributed by atoms with van der Waals surface area (Å²) in [5, 5.41) is 3.25. The first kappa shape index (κ1) is 12.1. The molecule has 1 atom stereocenters. The minimum Gasteiger partial charge on any atom is -0.312 e. The molecule has 0 bridgehead atoms. The maximum Gasteiger partial charge on any atom is 0.153 e. The van der Waals surface area contributed by atoms with Crippen LogP contribution in [0, 0.1) is 0 Å². The van der Waals surface area contributed by atoms with Crippen molar-refractivity contribution in [1.29, 1.82) is 0 Å². The van der Waals surface area contributed by atoms with E-state index in [1.807, 2.05) is 24.3 Å². The fourth-order valence-electron chi connectivity index (χ4n) is 1.90. The van der Waals surface area contributed by atoms with Crippen molar-refractivity contribution >= 4 is 25.8 Å². The van der Waals surface area contributed by atoms with Gasteiger partial charge in [-0.25, -0.2) is 8.42 Å². The van der Waals surface area contributed by atoms with Gasteiger partial charge in [0.2, 0.25) is 0 Å². The van der Waals surface area contributed by atoms with Crippen LogP contribution in [0.25, 0.3) is 0 Å². The molecular weight excluding hydrogens is 290 g/mol. The molecule has 1 aromatic rings. The number of hydrogen-bond acceptors (Lipinski definition) is 3. The molecule has 1 aliphatic heterocycles. The Kier molecular flexibility index (Phi) is 3.66. The molecule has 2 rings (SSSR count). The monoisotopic (exact) mass is 303 g/mol. The van der Waals surface area contributed by atoms with Crippen LogP contribution < -0.4 is 5.32 Å². The lowest BCUT2D eigenvalue weighted by atomic mass is 10.1. The number of nitrogens with one attached hydrogen (secondary N) is 1. The summed E-state index contributed by atoms with van der Waals surface area (Å²) in [6.07, 6.45) is 0.770. The summed E-state index contributed by atoms with van der Waals surface area (Å²) in [6, 6.07) is 8.05. The first-order valence-electron chi connectivity index (χ1n) is 5.23. The van der Waals surface area contributed by atoms with Gasteiger partial charge in [-0.15, -0.1) is 0 Å². The molecule has 0 aromatic heterocycles. The summed E-state index contributed by atoms with van der Waals surface area (Å²) in [5.41, 5.74) is 1.16. The topological polar surface area (TPSA) is 46.2 Å². The van der Waals surface area contributed by atoms with Gasteiger partial charge >= 0.3 is 0 Å². The number of rotatable bonds is 2. The molecule has 1 N–H and O–H groups in total. The van der Waals surface area contributed by atoms with E-state index in [0.717, 1.165) is 16.5 Å². The summed E-state index contributed by atoms with van der Waals surface area (Å²) in [4.78, 5) is 0. The highest BCUT2D eigenvalue weighted by Crippen LogP contribution is 2.13. The van der Waals surface area contributed by atoms with Crippen molar-refractivity contribution in [2.75, 3.05) is 18.1 Å². The molecule has 0 saturated carbocycles. The zero-order valence-corrected chi connectivity index (χ0v) is 11.2. The number of sulfone groups is 1. The van der Waals surface area contributed by atoms with Crippen LogP contribution in [0.3, 0.4) is 0 Å². The Morgan fingerprint density at radius 2 is 2.00 bits per heavy atom. The van der Waals surface area contributed by atoms with Gasteiger partial charge in [-0.2, -0.15) is 0 Å². The second-order valence-electron chi connectivity index (χ2n) is 4.10. The van der Waals surface area contributed by atoms with Gasteiger partial charge in [0.1, 0.15) is 0 Å². The Labute approximate surface area is 104 Å². The van der Waals surface area contributed by atoms with Crippen LogP contribution in [0.15, 0.2) is 28.7 Å². The Morgan fingerprint density at radius 3 is 2.62 bits per heavy atom. The van der Waals surface area contributed by atoms with E-state index < -0.39 is 9.84 Å². The quantitative estimate of drug-likeness (QED) is 0.898. The van der Waals surface area contributed by atoms with Crippen LogP contribution in [0.1, 0.15) is 5.56 Å². The van der Waals surface area contributed by atoms with Gasteiger partial charge in [-0.05, 0) is 24.1 Å². The Balaban J connectivity index is 2.02.